The van der Waals surface area contributed by atoms with Gasteiger partial charge in [0.05, 0.1) is 18.9 Å². The van der Waals surface area contributed by atoms with Crippen LogP contribution in [0, 0.1) is 0 Å². The molecule has 3 rings (SSSR count). The molecule has 2 heterocycles. The molecule has 0 radical (unpaired) electrons. The third-order valence-electron chi connectivity index (χ3n) is 2.65. The molecule has 1 aliphatic rings. The number of fused-ring (bicyclic) bond motifs is 1. The van der Waals surface area contributed by atoms with Crippen LogP contribution in [0.2, 0.25) is 0 Å². The van der Waals surface area contributed by atoms with Gasteiger partial charge in [-0.2, -0.15) is 0 Å². The van der Waals surface area contributed by atoms with Gasteiger partial charge in [0.2, 0.25) is 0 Å². The lowest BCUT2D eigenvalue weighted by molar-refractivity contribution is 0.297. The predicted octanol–water partition coefficient (Wildman–Crippen LogP) is 1.53. The third kappa shape index (κ3) is 1.91. The van der Waals surface area contributed by atoms with Crippen LogP contribution < -0.4 is 15.0 Å². The summed E-state index contributed by atoms with van der Waals surface area (Å²) >= 11 is 0. The average Bonchev–Trinajstić information content (AvgIpc) is 2.64. The Hall–Kier alpha value is -2.17. The first kappa shape index (κ1) is 10.0. The number of aromatic amines is 2. The highest BCUT2D eigenvalue weighted by molar-refractivity contribution is 5.63. The van der Waals surface area contributed by atoms with Crippen molar-refractivity contribution >= 4 is 0 Å². The van der Waals surface area contributed by atoms with E-state index in [1.54, 1.807) is 0 Å². The minimum absolute atomic E-state index is 0.146. The monoisotopic (exact) mass is 232 g/mol. The van der Waals surface area contributed by atoms with Crippen LogP contribution in [0.5, 0.6) is 11.5 Å². The van der Waals surface area contributed by atoms with Gasteiger partial charge < -0.3 is 9.47 Å². The van der Waals surface area contributed by atoms with Gasteiger partial charge in [0.1, 0.15) is 0 Å². The third-order valence-corrected chi connectivity index (χ3v) is 2.65. The summed E-state index contributed by atoms with van der Waals surface area (Å²) in [6.07, 6.45) is 0.880. The van der Waals surface area contributed by atoms with Crippen LogP contribution in [0.4, 0.5) is 0 Å². The van der Waals surface area contributed by atoms with E-state index in [0.29, 0.717) is 13.2 Å². The average molecular weight is 232 g/mol. The molecule has 0 atom stereocenters. The summed E-state index contributed by atoms with van der Waals surface area (Å²) in [6.45, 7) is 1.33. The van der Waals surface area contributed by atoms with Crippen molar-refractivity contribution in [2.24, 2.45) is 0 Å². The molecule has 1 aromatic carbocycles. The first-order valence-electron chi connectivity index (χ1n) is 5.51. The molecule has 88 valence electrons. The van der Waals surface area contributed by atoms with Crippen molar-refractivity contribution < 1.29 is 9.47 Å². The molecule has 0 spiro atoms. The van der Waals surface area contributed by atoms with Crippen LogP contribution in [0.25, 0.3) is 11.3 Å². The molecular formula is C12H12N2O3. The highest BCUT2D eigenvalue weighted by Crippen LogP contribution is 2.33. The van der Waals surface area contributed by atoms with Gasteiger partial charge in [-0.15, -0.1) is 0 Å². The van der Waals surface area contributed by atoms with Crippen LogP contribution in [0.3, 0.4) is 0 Å². The zero-order valence-corrected chi connectivity index (χ0v) is 9.16. The molecule has 5 heteroatoms. The van der Waals surface area contributed by atoms with Crippen molar-refractivity contribution in [2.75, 3.05) is 13.2 Å². The standard InChI is InChI=1S/C12H12N2O3/c15-12-7-9(13-14-12)8-2-3-10-11(6-8)17-5-1-4-16-10/h2-3,6-7H,1,4-5H2,(H2,13,14,15). The van der Waals surface area contributed by atoms with Crippen molar-refractivity contribution in [1.82, 2.24) is 10.2 Å². The van der Waals surface area contributed by atoms with E-state index in [1.165, 1.54) is 6.07 Å². The van der Waals surface area contributed by atoms with Crippen LogP contribution >= 0.6 is 0 Å². The van der Waals surface area contributed by atoms with Crippen molar-refractivity contribution in [3.05, 3.63) is 34.6 Å². The summed E-state index contributed by atoms with van der Waals surface area (Å²) in [4.78, 5) is 11.1. The Balaban J connectivity index is 2.02. The van der Waals surface area contributed by atoms with Gasteiger partial charge in [-0.05, 0) is 18.2 Å². The zero-order valence-electron chi connectivity index (χ0n) is 9.16. The normalized spacial score (nSPS) is 14.4. The summed E-state index contributed by atoms with van der Waals surface area (Å²) in [5.41, 5.74) is 1.49. The van der Waals surface area contributed by atoms with Crippen LogP contribution in [-0.2, 0) is 0 Å². The molecule has 0 saturated carbocycles. The summed E-state index contributed by atoms with van der Waals surface area (Å²) in [5, 5.41) is 5.32. The van der Waals surface area contributed by atoms with Crippen molar-refractivity contribution in [3.63, 3.8) is 0 Å². The molecule has 2 N–H and O–H groups in total. The van der Waals surface area contributed by atoms with E-state index in [-0.39, 0.29) is 5.56 Å². The Morgan fingerprint density at radius 2 is 1.82 bits per heavy atom. The number of rotatable bonds is 1. The lowest BCUT2D eigenvalue weighted by Gasteiger charge is -2.08. The van der Waals surface area contributed by atoms with E-state index in [0.717, 1.165) is 29.2 Å². The number of aromatic nitrogens is 2. The molecule has 1 aliphatic heterocycles. The lowest BCUT2D eigenvalue weighted by atomic mass is 10.1. The number of hydrogen-bond acceptors (Lipinski definition) is 3. The predicted molar refractivity (Wildman–Crippen MR) is 62.5 cm³/mol. The summed E-state index contributed by atoms with van der Waals surface area (Å²) in [7, 11) is 0. The maximum absolute atomic E-state index is 11.1. The molecule has 1 aromatic heterocycles. The Morgan fingerprint density at radius 1 is 1.00 bits per heavy atom. The molecule has 5 nitrogen and oxygen atoms in total. The topological polar surface area (TPSA) is 67.1 Å². The van der Waals surface area contributed by atoms with E-state index < -0.39 is 0 Å². The first-order valence-corrected chi connectivity index (χ1v) is 5.51. The van der Waals surface area contributed by atoms with E-state index in [1.807, 2.05) is 18.2 Å². The maximum atomic E-state index is 11.1. The van der Waals surface area contributed by atoms with Crippen molar-refractivity contribution in [2.45, 2.75) is 6.42 Å². The highest BCUT2D eigenvalue weighted by atomic mass is 16.5. The van der Waals surface area contributed by atoms with Gasteiger partial charge in [-0.3, -0.25) is 15.0 Å². The highest BCUT2D eigenvalue weighted by Gasteiger charge is 2.11. The minimum Gasteiger partial charge on any atom is -0.490 e. The van der Waals surface area contributed by atoms with E-state index in [9.17, 15) is 4.79 Å². The fourth-order valence-electron chi connectivity index (χ4n) is 1.82. The fourth-order valence-corrected chi connectivity index (χ4v) is 1.82. The van der Waals surface area contributed by atoms with E-state index in [4.69, 9.17) is 9.47 Å². The van der Waals surface area contributed by atoms with Gasteiger partial charge in [-0.25, -0.2) is 0 Å². The first-order chi connectivity index (χ1) is 8.33. The number of hydrogen-bond donors (Lipinski definition) is 2. The number of benzene rings is 1. The Kier molecular flexibility index (Phi) is 2.36. The molecule has 0 aliphatic carbocycles. The van der Waals surface area contributed by atoms with Crippen molar-refractivity contribution in [1.29, 1.82) is 0 Å². The second-order valence-corrected chi connectivity index (χ2v) is 3.88. The fraction of sp³-hybridized carbons (Fsp3) is 0.250. The van der Waals surface area contributed by atoms with Crippen molar-refractivity contribution in [3.8, 4) is 22.8 Å². The second-order valence-electron chi connectivity index (χ2n) is 3.88. The molecule has 0 fully saturated rings. The Labute approximate surface area is 97.4 Å². The Bertz CT molecular complexity index is 585. The molecular weight excluding hydrogens is 220 g/mol. The maximum Gasteiger partial charge on any atom is 0.264 e. The van der Waals surface area contributed by atoms with Gasteiger partial charge in [0.25, 0.3) is 5.56 Å². The Morgan fingerprint density at radius 3 is 2.59 bits per heavy atom. The summed E-state index contributed by atoms with van der Waals surface area (Å²) < 4.78 is 11.1. The van der Waals surface area contributed by atoms with Gasteiger partial charge in [0, 0.05) is 18.1 Å². The minimum atomic E-state index is -0.146. The molecule has 0 saturated heterocycles. The number of nitrogens with one attached hydrogen (secondary N) is 2. The van der Waals surface area contributed by atoms with Gasteiger partial charge in [-0.1, -0.05) is 0 Å². The second kappa shape index (κ2) is 4.01. The van der Waals surface area contributed by atoms with E-state index >= 15 is 0 Å². The molecule has 0 bridgehead atoms. The largest absolute Gasteiger partial charge is 0.490 e. The quantitative estimate of drug-likeness (QED) is 0.783. The summed E-state index contributed by atoms with van der Waals surface area (Å²) in [5.74, 6) is 1.48. The summed E-state index contributed by atoms with van der Waals surface area (Å²) in [6, 6.07) is 7.15. The molecule has 0 amide bonds. The number of ether oxygens (including phenoxy) is 2. The van der Waals surface area contributed by atoms with Crippen LogP contribution in [0.1, 0.15) is 6.42 Å². The molecule has 2 aromatic rings. The van der Waals surface area contributed by atoms with Crippen LogP contribution in [-0.4, -0.2) is 23.4 Å². The van der Waals surface area contributed by atoms with E-state index in [2.05, 4.69) is 10.2 Å². The van der Waals surface area contributed by atoms with Crippen LogP contribution in [0.15, 0.2) is 29.1 Å². The zero-order chi connectivity index (χ0) is 11.7. The number of H-pyrrole nitrogens is 2. The smallest absolute Gasteiger partial charge is 0.264 e. The SMILES string of the molecule is O=c1cc(-c2ccc3c(c2)OCCCO3)[nH][nH]1. The molecule has 17 heavy (non-hydrogen) atoms. The van der Waals surface area contributed by atoms with Gasteiger partial charge in [0.15, 0.2) is 11.5 Å². The molecule has 0 unspecified atom stereocenters. The lowest BCUT2D eigenvalue weighted by Crippen LogP contribution is -1.97. The van der Waals surface area contributed by atoms with Gasteiger partial charge >= 0.3 is 0 Å².